The van der Waals surface area contributed by atoms with Gasteiger partial charge in [0, 0.05) is 5.54 Å². The fraction of sp³-hybridized carbons (Fsp3) is 0.600. The van der Waals surface area contributed by atoms with E-state index in [-0.39, 0.29) is 5.54 Å². The number of nitrogens with two attached hydrogens (primary N) is 1. The van der Waals surface area contributed by atoms with Crippen molar-refractivity contribution in [3.05, 3.63) is 29.8 Å². The topological polar surface area (TPSA) is 35.2 Å². The van der Waals surface area contributed by atoms with Gasteiger partial charge in [-0.1, -0.05) is 25.1 Å². The average Bonchev–Trinajstić information content (AvgIpc) is 2.34. The lowest BCUT2D eigenvalue weighted by Crippen LogP contribution is -2.45. The zero-order valence-corrected chi connectivity index (χ0v) is 10.9. The molecule has 17 heavy (non-hydrogen) atoms. The molecule has 1 aromatic rings. The Balaban J connectivity index is 2.09. The van der Waals surface area contributed by atoms with Crippen molar-refractivity contribution in [3.63, 3.8) is 0 Å². The van der Waals surface area contributed by atoms with Gasteiger partial charge >= 0.3 is 0 Å². The van der Waals surface area contributed by atoms with Crippen molar-refractivity contribution in [2.75, 3.05) is 7.11 Å². The van der Waals surface area contributed by atoms with Crippen molar-refractivity contribution in [2.45, 2.75) is 44.6 Å². The molecule has 2 nitrogen and oxygen atoms in total. The SMILES string of the molecule is COc1ccccc1CC1(N)CCC(C)CC1. The molecule has 0 amide bonds. The van der Waals surface area contributed by atoms with Crippen molar-refractivity contribution >= 4 is 0 Å². The number of rotatable bonds is 3. The third-order valence-electron chi connectivity index (χ3n) is 4.01. The van der Waals surface area contributed by atoms with Crippen molar-refractivity contribution < 1.29 is 4.74 Å². The van der Waals surface area contributed by atoms with Crippen molar-refractivity contribution in [1.29, 1.82) is 0 Å². The Morgan fingerprint density at radius 2 is 1.94 bits per heavy atom. The summed E-state index contributed by atoms with van der Waals surface area (Å²) >= 11 is 0. The predicted octanol–water partition coefficient (Wildman–Crippen LogP) is 3.15. The molecular formula is C15H23NO. The van der Waals surface area contributed by atoms with Crippen LogP contribution in [0.2, 0.25) is 0 Å². The molecule has 0 aliphatic heterocycles. The highest BCUT2D eigenvalue weighted by atomic mass is 16.5. The zero-order valence-electron chi connectivity index (χ0n) is 10.9. The largest absolute Gasteiger partial charge is 0.496 e. The maximum absolute atomic E-state index is 6.52. The minimum atomic E-state index is -0.0266. The van der Waals surface area contributed by atoms with Crippen molar-refractivity contribution in [1.82, 2.24) is 0 Å². The number of hydrogen-bond donors (Lipinski definition) is 1. The Labute approximate surface area is 104 Å². The molecule has 0 atom stereocenters. The summed E-state index contributed by atoms with van der Waals surface area (Å²) in [5, 5.41) is 0. The molecule has 0 radical (unpaired) electrons. The molecule has 94 valence electrons. The second kappa shape index (κ2) is 5.09. The molecule has 0 unspecified atom stereocenters. The molecule has 0 bridgehead atoms. The van der Waals surface area contributed by atoms with Gasteiger partial charge in [-0.05, 0) is 49.7 Å². The van der Waals surface area contributed by atoms with Crippen LogP contribution in [0.25, 0.3) is 0 Å². The molecule has 0 heterocycles. The Bertz CT molecular complexity index is 367. The lowest BCUT2D eigenvalue weighted by Gasteiger charge is -2.36. The highest BCUT2D eigenvalue weighted by molar-refractivity contribution is 5.34. The maximum atomic E-state index is 6.52. The van der Waals surface area contributed by atoms with Gasteiger partial charge in [-0.3, -0.25) is 0 Å². The first-order valence-corrected chi connectivity index (χ1v) is 6.54. The van der Waals surface area contributed by atoms with Gasteiger partial charge in [0.2, 0.25) is 0 Å². The van der Waals surface area contributed by atoms with E-state index in [4.69, 9.17) is 10.5 Å². The molecule has 1 aromatic carbocycles. The van der Waals surface area contributed by atoms with Crippen LogP contribution in [-0.2, 0) is 6.42 Å². The number of hydrogen-bond acceptors (Lipinski definition) is 2. The van der Waals surface area contributed by atoms with E-state index in [1.807, 2.05) is 12.1 Å². The molecular weight excluding hydrogens is 210 g/mol. The molecule has 2 N–H and O–H groups in total. The van der Waals surface area contributed by atoms with Gasteiger partial charge in [0.05, 0.1) is 7.11 Å². The van der Waals surface area contributed by atoms with Crippen molar-refractivity contribution in [2.24, 2.45) is 11.7 Å². The Morgan fingerprint density at radius 3 is 2.59 bits per heavy atom. The second-order valence-corrected chi connectivity index (χ2v) is 5.53. The number of ether oxygens (including phenoxy) is 1. The predicted molar refractivity (Wildman–Crippen MR) is 71.2 cm³/mol. The van der Waals surface area contributed by atoms with Crippen LogP contribution in [0.15, 0.2) is 24.3 Å². The van der Waals surface area contributed by atoms with Gasteiger partial charge in [0.15, 0.2) is 0 Å². The van der Waals surface area contributed by atoms with Crippen LogP contribution in [0.5, 0.6) is 5.75 Å². The number of methoxy groups -OCH3 is 1. The van der Waals surface area contributed by atoms with Crippen LogP contribution < -0.4 is 10.5 Å². The summed E-state index contributed by atoms with van der Waals surface area (Å²) in [5.74, 6) is 1.81. The van der Waals surface area contributed by atoms with Crippen LogP contribution >= 0.6 is 0 Å². The zero-order chi connectivity index (χ0) is 12.3. The molecule has 0 spiro atoms. The standard InChI is InChI=1S/C15H23NO/c1-12-7-9-15(16,10-8-12)11-13-5-3-4-6-14(13)17-2/h3-6,12H,7-11,16H2,1-2H3. The molecule has 1 aliphatic rings. The third-order valence-corrected chi connectivity index (χ3v) is 4.01. The first-order chi connectivity index (χ1) is 8.13. The number of benzene rings is 1. The fourth-order valence-corrected chi connectivity index (χ4v) is 2.74. The molecule has 0 saturated heterocycles. The smallest absolute Gasteiger partial charge is 0.122 e. The van der Waals surface area contributed by atoms with Crippen LogP contribution in [0.3, 0.4) is 0 Å². The number of para-hydroxylation sites is 1. The van der Waals surface area contributed by atoms with E-state index in [1.165, 1.54) is 18.4 Å². The van der Waals surface area contributed by atoms with E-state index in [9.17, 15) is 0 Å². The monoisotopic (exact) mass is 233 g/mol. The van der Waals surface area contributed by atoms with Crippen molar-refractivity contribution in [3.8, 4) is 5.75 Å². The Morgan fingerprint density at radius 1 is 1.29 bits per heavy atom. The van der Waals surface area contributed by atoms with Gasteiger partial charge in [0.1, 0.15) is 5.75 Å². The average molecular weight is 233 g/mol. The quantitative estimate of drug-likeness (QED) is 0.870. The normalized spacial score (nSPS) is 29.0. The highest BCUT2D eigenvalue weighted by Gasteiger charge is 2.30. The summed E-state index contributed by atoms with van der Waals surface area (Å²) in [5.41, 5.74) is 7.74. The first kappa shape index (κ1) is 12.4. The first-order valence-electron chi connectivity index (χ1n) is 6.54. The minimum absolute atomic E-state index is 0.0266. The van der Waals surface area contributed by atoms with Crippen LogP contribution in [0.4, 0.5) is 0 Å². The van der Waals surface area contributed by atoms with Crippen LogP contribution in [0.1, 0.15) is 38.2 Å². The second-order valence-electron chi connectivity index (χ2n) is 5.53. The highest BCUT2D eigenvalue weighted by Crippen LogP contribution is 2.34. The summed E-state index contributed by atoms with van der Waals surface area (Å²) in [7, 11) is 1.73. The lowest BCUT2D eigenvalue weighted by molar-refractivity contribution is 0.242. The van der Waals surface area contributed by atoms with Crippen LogP contribution in [-0.4, -0.2) is 12.6 Å². The Kier molecular flexibility index (Phi) is 3.72. The van der Waals surface area contributed by atoms with Crippen LogP contribution in [0, 0.1) is 5.92 Å². The van der Waals surface area contributed by atoms with Gasteiger partial charge < -0.3 is 10.5 Å². The fourth-order valence-electron chi connectivity index (χ4n) is 2.74. The van der Waals surface area contributed by atoms with Gasteiger partial charge in [-0.2, -0.15) is 0 Å². The van der Waals surface area contributed by atoms with E-state index in [0.29, 0.717) is 0 Å². The lowest BCUT2D eigenvalue weighted by atomic mass is 9.74. The molecule has 2 rings (SSSR count). The summed E-state index contributed by atoms with van der Waals surface area (Å²) in [6.07, 6.45) is 5.71. The minimum Gasteiger partial charge on any atom is -0.496 e. The van der Waals surface area contributed by atoms with Gasteiger partial charge in [-0.25, -0.2) is 0 Å². The Hall–Kier alpha value is -1.02. The molecule has 1 saturated carbocycles. The van der Waals surface area contributed by atoms with E-state index in [0.717, 1.165) is 30.9 Å². The van der Waals surface area contributed by atoms with E-state index >= 15 is 0 Å². The summed E-state index contributed by atoms with van der Waals surface area (Å²) in [4.78, 5) is 0. The van der Waals surface area contributed by atoms with E-state index < -0.39 is 0 Å². The van der Waals surface area contributed by atoms with Gasteiger partial charge in [0.25, 0.3) is 0 Å². The van der Waals surface area contributed by atoms with E-state index in [2.05, 4.69) is 19.1 Å². The third kappa shape index (κ3) is 3.01. The molecule has 1 fully saturated rings. The van der Waals surface area contributed by atoms with Gasteiger partial charge in [-0.15, -0.1) is 0 Å². The molecule has 0 aromatic heterocycles. The maximum Gasteiger partial charge on any atom is 0.122 e. The summed E-state index contributed by atoms with van der Waals surface area (Å²) in [6, 6.07) is 8.22. The molecule has 2 heteroatoms. The summed E-state index contributed by atoms with van der Waals surface area (Å²) < 4.78 is 5.40. The van der Waals surface area contributed by atoms with E-state index in [1.54, 1.807) is 7.11 Å². The molecule has 1 aliphatic carbocycles. The summed E-state index contributed by atoms with van der Waals surface area (Å²) in [6.45, 7) is 2.32.